The van der Waals surface area contributed by atoms with Crippen molar-refractivity contribution >= 4 is 128 Å². The number of fused-ring (bicyclic) bond motifs is 4. The summed E-state index contributed by atoms with van der Waals surface area (Å²) in [6.07, 6.45) is 2.68. The minimum atomic E-state index is -1.89. The monoisotopic (exact) mass is 1840 g/mol. The van der Waals surface area contributed by atoms with Crippen LogP contribution in [0.2, 0.25) is 0 Å². The second-order valence-corrected chi connectivity index (χ2v) is 34.0. The number of likely N-dealkylation sites (N-methyl/N-ethyl adjacent to an activating group) is 3. The number of hydrogen-bond acceptors (Lipinski definition) is 22. The fraction of sp³-hybridized carbons (Fsp3) is 0.528. The van der Waals surface area contributed by atoms with Crippen LogP contribution >= 0.6 is 0 Å². The Morgan fingerprint density at radius 3 is 1.66 bits per heavy atom. The molecule has 3 aliphatic heterocycles. The van der Waals surface area contributed by atoms with Crippen LogP contribution in [0.3, 0.4) is 0 Å². The van der Waals surface area contributed by atoms with E-state index < -0.39 is 243 Å². The molecule has 0 aliphatic carbocycles. The van der Waals surface area contributed by atoms with Gasteiger partial charge < -0.3 is 131 Å². The van der Waals surface area contributed by atoms with Crippen LogP contribution in [-0.4, -0.2) is 307 Å². The van der Waals surface area contributed by atoms with Crippen LogP contribution in [0.15, 0.2) is 97.3 Å². The molecule has 15 atom stereocenters. The van der Waals surface area contributed by atoms with Gasteiger partial charge in [-0.1, -0.05) is 108 Å². The molecule has 0 spiro atoms. The largest absolute Gasteiger partial charge is 0.508 e. The number of carbonyl (C=O) groups is 17. The van der Waals surface area contributed by atoms with E-state index in [2.05, 4.69) is 68.5 Å². The number of aromatic nitrogens is 2. The van der Waals surface area contributed by atoms with E-state index in [0.29, 0.717) is 64.2 Å². The molecule has 43 nitrogen and oxygen atoms in total. The highest BCUT2D eigenvalue weighted by Crippen LogP contribution is 2.28. The maximum atomic E-state index is 15.7. The second-order valence-electron chi connectivity index (χ2n) is 34.0. The molecule has 718 valence electrons. The molecule has 0 saturated carbocycles. The van der Waals surface area contributed by atoms with E-state index in [1.54, 1.807) is 74.8 Å². The molecule has 2 fully saturated rings. The second kappa shape index (κ2) is 49.4. The normalized spacial score (nSPS) is 25.2. The van der Waals surface area contributed by atoms with Gasteiger partial charge >= 0.3 is 0 Å². The number of aromatic amines is 2. The Morgan fingerprint density at radius 2 is 1.06 bits per heavy atom. The first-order valence-electron chi connectivity index (χ1n) is 44.4. The van der Waals surface area contributed by atoms with E-state index in [9.17, 15) is 63.3 Å². The van der Waals surface area contributed by atoms with E-state index in [4.69, 9.17) is 28.3 Å². The first-order chi connectivity index (χ1) is 62.8. The number of nitrogens with one attached hydrogen (secondary N) is 14. The molecule has 0 bridgehead atoms. The first-order valence-corrected chi connectivity index (χ1v) is 44.4. The van der Waals surface area contributed by atoms with Crippen molar-refractivity contribution in [3.8, 4) is 5.75 Å². The van der Waals surface area contributed by atoms with Gasteiger partial charge in [0.1, 0.15) is 90.3 Å². The third-order valence-corrected chi connectivity index (χ3v) is 23.7. The third kappa shape index (κ3) is 28.7. The summed E-state index contributed by atoms with van der Waals surface area (Å²) in [5.74, 6) is -17.5. The molecule has 3 aliphatic rings. The number of benzene rings is 3. The minimum Gasteiger partial charge on any atom is -0.508 e. The number of amides is 17. The molecular weight excluding hydrogens is 1710 g/mol. The molecule has 132 heavy (non-hydrogen) atoms. The Kier molecular flexibility index (Phi) is 38.9. The summed E-state index contributed by atoms with van der Waals surface area (Å²) in [5, 5.41) is 70.4. The van der Waals surface area contributed by atoms with Gasteiger partial charge in [-0.05, 0) is 111 Å². The van der Waals surface area contributed by atoms with Gasteiger partial charge in [0.15, 0.2) is 5.96 Å². The van der Waals surface area contributed by atoms with Crippen LogP contribution in [0.5, 0.6) is 5.75 Å². The fourth-order valence-electron chi connectivity index (χ4n) is 16.3. The lowest BCUT2D eigenvalue weighted by Crippen LogP contribution is -2.62. The summed E-state index contributed by atoms with van der Waals surface area (Å²) in [6, 6.07) is -2.51. The fourth-order valence-corrected chi connectivity index (χ4v) is 16.3. The predicted molar refractivity (Wildman–Crippen MR) is 483 cm³/mol. The smallest absolute Gasteiger partial charge is 0.246 e. The predicted octanol–water partition coefficient (Wildman–Crippen LogP) is -3.72. The van der Waals surface area contributed by atoms with E-state index in [1.807, 2.05) is 13.8 Å². The summed E-state index contributed by atoms with van der Waals surface area (Å²) < 4.78 is 0. The van der Waals surface area contributed by atoms with Gasteiger partial charge in [0.05, 0.1) is 25.7 Å². The van der Waals surface area contributed by atoms with E-state index in [0.717, 1.165) is 36.7 Å². The number of nitrogens with two attached hydrogens (primary N) is 4. The molecule has 5 heterocycles. The van der Waals surface area contributed by atoms with Gasteiger partial charge in [0.25, 0.3) is 0 Å². The molecule has 2 aromatic heterocycles. The maximum Gasteiger partial charge on any atom is 0.246 e. The number of H-pyrrole nitrogens is 2. The summed E-state index contributed by atoms with van der Waals surface area (Å²) in [6.45, 7) is 5.33. The summed E-state index contributed by atoms with van der Waals surface area (Å²) >= 11 is 0. The van der Waals surface area contributed by atoms with Crippen molar-refractivity contribution in [1.82, 2.24) is 93.0 Å². The summed E-state index contributed by atoms with van der Waals surface area (Å²) in [7, 11) is 3.87. The number of hydrogen-bond donors (Lipinski definition) is 21. The topological polar surface area (TPSA) is 659 Å². The number of guanidine groups is 1. The number of unbranched alkanes of at least 4 members (excludes halogenated alkanes) is 2. The van der Waals surface area contributed by atoms with Crippen LogP contribution in [0, 0.1) is 11.3 Å². The standard InChI is InChI=1S/C89H127N23O20/c1-9-11-26-68-81(125)101-60(25-18-34-95-89(93)94)77(121)100-59(76(120)98-45-73(92)117)24-17-29-74(118)99-63(37-50-30-32-53(114)33-31-50)84(128)108(6)49(5)75(119)103-65(41-72(91)116)86(130)111-35-19-28-69(111)82(126)106-66(42-90)79(123)104-62(36-48(3)4)87(131)112-46-54(115)40-71(112)83(127)102-61(38-51-43-96-57-22-15-13-20-55(51)57)78(122)107-67(47-113)80(124)105-64(39-52-44-97-58-23-16-14-21-56(52)58)85(129)110(8)70(27-12-10-2)88(132)109(68)7/h13-17,20-23,29-33,43-44,48-49,54,59-71,96-97,113-115H,9-12,18-19,24-28,34-42,45-47,90H2,1-8H3,(H2,91,116)(H2,92,117)(H,98,120)(H,99,118)(H,100,121)(H,101,125)(H,102,127)(H,103,119)(H,104,123)(H,105,124)(H,106,126)(H,107,122)(H4,93,94,95)/b29-17+/t49-,54+,59-,60?,61-,62-,63-,64?,65-,66-,67-,68-,69-,70-,71?/m0/s1. The molecule has 25 N–H and O–H groups in total. The van der Waals surface area contributed by atoms with Crippen molar-refractivity contribution in [3.05, 3.63) is 114 Å². The zero-order valence-electron chi connectivity index (χ0n) is 75.6. The number of aliphatic hydroxyl groups is 2. The van der Waals surface area contributed by atoms with Crippen LogP contribution in [-0.2, 0) is 101 Å². The summed E-state index contributed by atoms with van der Waals surface area (Å²) in [4.78, 5) is 260. The van der Waals surface area contributed by atoms with E-state index >= 15 is 33.6 Å². The SMILES string of the molecule is CCCC[C@H]1C(=O)N(C)[C@@H](CCCC)C(=O)NC(CCCNC(=N)N)C(=O)N[C@H](C(=O)NCC(N)=O)C/C=C/C(=O)N[C@@H](Cc2ccc(O)cc2)C(=O)N(C)[C@@H](C)C(=O)N[C@@H](CC(N)=O)C(=O)N2CCC[C@H]2C(=O)N[C@@H](CN)C(=O)N[C@@H](CC(C)C)C(=O)N2C[C@H](O)CC2C(=O)N[C@@H](Cc2c[nH]c3ccccc23)C(=O)N[C@@H](CO)C(=O)NC(Cc2c[nH]c3ccccc23)C(=O)N1C. The molecule has 3 aromatic carbocycles. The maximum absolute atomic E-state index is 15.7. The molecule has 5 aromatic rings. The molecule has 3 unspecified atom stereocenters. The lowest BCUT2D eigenvalue weighted by atomic mass is 10.00. The van der Waals surface area contributed by atoms with Crippen molar-refractivity contribution in [2.45, 2.75) is 234 Å². The molecule has 2 saturated heterocycles. The molecule has 43 heteroatoms. The number of phenols is 1. The van der Waals surface area contributed by atoms with Crippen LogP contribution in [0.1, 0.15) is 141 Å². The zero-order chi connectivity index (χ0) is 96.9. The van der Waals surface area contributed by atoms with Gasteiger partial charge in [0, 0.05) is 107 Å². The van der Waals surface area contributed by atoms with Crippen molar-refractivity contribution in [2.24, 2.45) is 28.9 Å². The van der Waals surface area contributed by atoms with Gasteiger partial charge in [0.2, 0.25) is 100 Å². The van der Waals surface area contributed by atoms with Gasteiger partial charge in [-0.3, -0.25) is 86.9 Å². The van der Waals surface area contributed by atoms with Crippen LogP contribution in [0.25, 0.3) is 21.8 Å². The van der Waals surface area contributed by atoms with Gasteiger partial charge in [-0.15, -0.1) is 0 Å². The average molecular weight is 1840 g/mol. The number of phenolic OH excluding ortho intramolecular Hbond substituents is 1. The van der Waals surface area contributed by atoms with Crippen molar-refractivity contribution in [3.63, 3.8) is 0 Å². The lowest BCUT2D eigenvalue weighted by Gasteiger charge is -2.36. The Bertz CT molecular complexity index is 5000. The number of carbonyl (C=O) groups excluding carboxylic acids is 17. The van der Waals surface area contributed by atoms with Crippen molar-refractivity contribution < 1.29 is 96.8 Å². The van der Waals surface area contributed by atoms with Crippen molar-refractivity contribution in [2.75, 3.05) is 60.5 Å². The highest BCUT2D eigenvalue weighted by molar-refractivity contribution is 6.03. The first kappa shape index (κ1) is 104. The highest BCUT2D eigenvalue weighted by atomic mass is 16.3. The molecule has 8 rings (SSSR count). The molecular formula is C89H127N23O20. The number of rotatable bonds is 25. The van der Waals surface area contributed by atoms with E-state index in [1.165, 1.54) is 52.3 Å². The van der Waals surface area contributed by atoms with Gasteiger partial charge in [-0.25, -0.2) is 0 Å². The Labute approximate surface area is 763 Å². The van der Waals surface area contributed by atoms with Crippen molar-refractivity contribution in [1.29, 1.82) is 5.41 Å². The third-order valence-electron chi connectivity index (χ3n) is 23.7. The number of primary amides is 2. The quantitative estimate of drug-likeness (QED) is 0.0152. The number of aromatic hydroxyl groups is 1. The highest BCUT2D eigenvalue weighted by Gasteiger charge is 2.47. The Balaban J connectivity index is 1.20. The number of aliphatic hydroxyl groups excluding tert-OH is 2. The number of para-hydroxylation sites is 2. The number of nitrogens with zero attached hydrogens (tertiary/aromatic N) is 5. The Morgan fingerprint density at radius 1 is 0.538 bits per heavy atom. The van der Waals surface area contributed by atoms with Gasteiger partial charge in [-0.2, -0.15) is 0 Å². The minimum absolute atomic E-state index is 0.0152. The van der Waals surface area contributed by atoms with Crippen LogP contribution in [0.4, 0.5) is 0 Å². The van der Waals surface area contributed by atoms with E-state index in [-0.39, 0.29) is 89.0 Å². The van der Waals surface area contributed by atoms with Crippen LogP contribution < -0.4 is 81.4 Å². The molecule has 0 radical (unpaired) electrons. The summed E-state index contributed by atoms with van der Waals surface area (Å²) in [5.41, 5.74) is 25.5. The average Bonchev–Trinajstić information content (AvgIpc) is 1.60. The Hall–Kier alpha value is -13.6. The molecule has 17 amide bonds. The zero-order valence-corrected chi connectivity index (χ0v) is 75.6. The lowest BCUT2D eigenvalue weighted by molar-refractivity contribution is -0.149.